The predicted molar refractivity (Wildman–Crippen MR) is 94.4 cm³/mol. The third kappa shape index (κ3) is 4.67. The number of nitrogens with one attached hydrogen (secondary N) is 1. The first kappa shape index (κ1) is 20.5. The van der Waals surface area contributed by atoms with Gasteiger partial charge in [0.1, 0.15) is 5.82 Å². The second-order valence-electron chi connectivity index (χ2n) is 6.12. The average molecular weight is 379 g/mol. The van der Waals surface area contributed by atoms with Crippen molar-refractivity contribution >= 4 is 12.4 Å². The van der Waals surface area contributed by atoms with Crippen molar-refractivity contribution in [2.45, 2.75) is 33.2 Å². The minimum absolute atomic E-state index is 0.123. The van der Waals surface area contributed by atoms with Crippen LogP contribution >= 0.6 is 0 Å². The molecule has 0 heterocycles. The maximum Gasteiger partial charge on any atom is 0.308 e. The lowest BCUT2D eigenvalue weighted by atomic mass is 9.92. The molecule has 1 unspecified atom stereocenters. The Hall–Kier alpha value is -2.83. The molecule has 0 aromatic heterocycles. The number of esters is 1. The molecule has 7 heteroatoms. The van der Waals surface area contributed by atoms with E-state index in [1.807, 2.05) is 0 Å². The molecule has 0 spiro atoms. The van der Waals surface area contributed by atoms with Crippen LogP contribution in [0.1, 0.15) is 36.1 Å². The fraction of sp³-hybridized carbons (Fsp3) is 0.300. The van der Waals surface area contributed by atoms with Gasteiger partial charge in [0.05, 0.1) is 19.1 Å². The van der Waals surface area contributed by atoms with Crippen molar-refractivity contribution in [2.24, 2.45) is 0 Å². The number of halogens is 3. The van der Waals surface area contributed by atoms with Crippen molar-refractivity contribution in [1.82, 2.24) is 5.32 Å². The molecule has 144 valence electrons. The van der Waals surface area contributed by atoms with Crippen LogP contribution in [0.4, 0.5) is 13.2 Å². The van der Waals surface area contributed by atoms with Gasteiger partial charge in [0.2, 0.25) is 6.41 Å². The molecule has 4 nitrogen and oxygen atoms in total. The molecule has 0 bridgehead atoms. The van der Waals surface area contributed by atoms with Crippen LogP contribution in [0.15, 0.2) is 24.3 Å². The summed E-state index contributed by atoms with van der Waals surface area (Å²) in [6, 6.07) is 3.85. The van der Waals surface area contributed by atoms with E-state index in [4.69, 9.17) is 4.74 Å². The van der Waals surface area contributed by atoms with Gasteiger partial charge < -0.3 is 10.1 Å². The summed E-state index contributed by atoms with van der Waals surface area (Å²) >= 11 is 0. The Labute approximate surface area is 155 Å². The van der Waals surface area contributed by atoms with Gasteiger partial charge in [0, 0.05) is 5.56 Å². The average Bonchev–Trinajstić information content (AvgIpc) is 2.56. The predicted octanol–water partition coefficient (Wildman–Crippen LogP) is 4.13. The largest absolute Gasteiger partial charge is 0.466 e. The van der Waals surface area contributed by atoms with Crippen LogP contribution in [-0.4, -0.2) is 19.0 Å². The third-order valence-corrected chi connectivity index (χ3v) is 4.16. The summed E-state index contributed by atoms with van der Waals surface area (Å²) in [7, 11) is 0. The molecule has 1 N–H and O–H groups in total. The molecule has 2 aromatic rings. The first-order valence-corrected chi connectivity index (χ1v) is 8.39. The zero-order valence-corrected chi connectivity index (χ0v) is 15.2. The minimum atomic E-state index is -1.17. The highest BCUT2D eigenvalue weighted by Crippen LogP contribution is 2.33. The van der Waals surface area contributed by atoms with Gasteiger partial charge in [-0.15, -0.1) is 0 Å². The summed E-state index contributed by atoms with van der Waals surface area (Å²) < 4.78 is 47.1. The Balaban J connectivity index is 2.57. The second-order valence-corrected chi connectivity index (χ2v) is 6.12. The summed E-state index contributed by atoms with van der Waals surface area (Å²) in [6.45, 7) is 5.05. The van der Waals surface area contributed by atoms with E-state index < -0.39 is 29.5 Å². The van der Waals surface area contributed by atoms with E-state index in [0.717, 1.165) is 6.07 Å². The van der Waals surface area contributed by atoms with Crippen LogP contribution in [0.25, 0.3) is 11.1 Å². The van der Waals surface area contributed by atoms with Gasteiger partial charge in [-0.05, 0) is 67.3 Å². The first-order chi connectivity index (χ1) is 12.8. The van der Waals surface area contributed by atoms with Gasteiger partial charge in [0.25, 0.3) is 0 Å². The molecule has 0 saturated heterocycles. The smallest absolute Gasteiger partial charge is 0.308 e. The molecular weight excluding hydrogens is 359 g/mol. The summed E-state index contributed by atoms with van der Waals surface area (Å²) in [5.74, 6) is -3.39. The van der Waals surface area contributed by atoms with Crippen LogP contribution < -0.4 is 5.32 Å². The molecule has 0 saturated carbocycles. The number of amides is 1. The van der Waals surface area contributed by atoms with Crippen LogP contribution in [0, 0.1) is 31.3 Å². The molecule has 0 aliphatic carbocycles. The number of aryl methyl sites for hydroxylation is 2. The van der Waals surface area contributed by atoms with Gasteiger partial charge in [-0.25, -0.2) is 13.2 Å². The number of hydrogen-bond donors (Lipinski definition) is 1. The molecule has 1 atom stereocenters. The Morgan fingerprint density at radius 1 is 1.15 bits per heavy atom. The lowest BCUT2D eigenvalue weighted by molar-refractivity contribution is -0.143. The molecule has 0 fully saturated rings. The van der Waals surface area contributed by atoms with Gasteiger partial charge in [-0.1, -0.05) is 0 Å². The molecule has 2 aromatic carbocycles. The first-order valence-electron chi connectivity index (χ1n) is 8.39. The molecule has 2 rings (SSSR count). The van der Waals surface area contributed by atoms with E-state index in [1.54, 1.807) is 20.8 Å². The molecule has 0 radical (unpaired) electrons. The number of carbonyl (C=O) groups excluding carboxylic acids is 2. The Kier molecular flexibility index (Phi) is 6.60. The van der Waals surface area contributed by atoms with Crippen molar-refractivity contribution < 1.29 is 27.5 Å². The molecule has 1 amide bonds. The Morgan fingerprint density at radius 2 is 1.78 bits per heavy atom. The second kappa shape index (κ2) is 8.70. The maximum absolute atomic E-state index is 14.4. The number of ether oxygens (including phenoxy) is 1. The zero-order valence-electron chi connectivity index (χ0n) is 15.2. The molecule has 0 aliphatic heterocycles. The van der Waals surface area contributed by atoms with E-state index in [2.05, 4.69) is 5.32 Å². The Bertz CT molecular complexity index is 845. The number of benzene rings is 2. The highest BCUT2D eigenvalue weighted by atomic mass is 19.2. The minimum Gasteiger partial charge on any atom is -0.466 e. The standard InChI is InChI=1S/C20H20F3NO3/c1-4-27-18(26)9-17(24-10-25)15-7-13(8-16(22)20(15)23)19-11(2)5-14(21)6-12(19)3/h5-8,10,17H,4,9H2,1-3H3,(H,24,25). The van der Waals surface area contributed by atoms with Crippen LogP contribution in [0.5, 0.6) is 0 Å². The quantitative estimate of drug-likeness (QED) is 0.581. The van der Waals surface area contributed by atoms with Crippen molar-refractivity contribution in [3.05, 3.63) is 58.4 Å². The van der Waals surface area contributed by atoms with Gasteiger partial charge in [0.15, 0.2) is 11.6 Å². The summed E-state index contributed by atoms with van der Waals surface area (Å²) in [5.41, 5.74) is 1.79. The topological polar surface area (TPSA) is 55.4 Å². The maximum atomic E-state index is 14.4. The van der Waals surface area contributed by atoms with E-state index >= 15 is 0 Å². The van der Waals surface area contributed by atoms with E-state index in [9.17, 15) is 22.8 Å². The van der Waals surface area contributed by atoms with E-state index in [1.165, 1.54) is 18.2 Å². The zero-order chi connectivity index (χ0) is 20.1. The van der Waals surface area contributed by atoms with Crippen LogP contribution in [0.2, 0.25) is 0 Å². The van der Waals surface area contributed by atoms with E-state index in [-0.39, 0.29) is 18.6 Å². The van der Waals surface area contributed by atoms with Crippen LogP contribution in [0.3, 0.4) is 0 Å². The highest BCUT2D eigenvalue weighted by molar-refractivity contribution is 5.73. The normalized spacial score (nSPS) is 11.8. The van der Waals surface area contributed by atoms with Crippen LogP contribution in [-0.2, 0) is 14.3 Å². The number of carbonyl (C=O) groups is 2. The highest BCUT2D eigenvalue weighted by Gasteiger charge is 2.24. The van der Waals surface area contributed by atoms with Crippen molar-refractivity contribution in [3.63, 3.8) is 0 Å². The van der Waals surface area contributed by atoms with Crippen molar-refractivity contribution in [2.75, 3.05) is 6.61 Å². The third-order valence-electron chi connectivity index (χ3n) is 4.16. The lowest BCUT2D eigenvalue weighted by Crippen LogP contribution is -2.25. The lowest BCUT2D eigenvalue weighted by Gasteiger charge is -2.19. The Morgan fingerprint density at radius 3 is 2.33 bits per heavy atom. The fourth-order valence-corrected chi connectivity index (χ4v) is 3.10. The number of hydrogen-bond acceptors (Lipinski definition) is 3. The van der Waals surface area contributed by atoms with E-state index in [0.29, 0.717) is 28.7 Å². The summed E-state index contributed by atoms with van der Waals surface area (Å²) in [4.78, 5) is 22.7. The van der Waals surface area contributed by atoms with Crippen molar-refractivity contribution in [3.8, 4) is 11.1 Å². The summed E-state index contributed by atoms with van der Waals surface area (Å²) in [5, 5.41) is 2.33. The van der Waals surface area contributed by atoms with Gasteiger partial charge in [-0.2, -0.15) is 0 Å². The van der Waals surface area contributed by atoms with Crippen molar-refractivity contribution in [1.29, 1.82) is 0 Å². The van der Waals surface area contributed by atoms with Gasteiger partial charge >= 0.3 is 5.97 Å². The fourth-order valence-electron chi connectivity index (χ4n) is 3.10. The summed E-state index contributed by atoms with van der Waals surface area (Å²) in [6.07, 6.45) is -0.0456. The SMILES string of the molecule is CCOC(=O)CC(NC=O)c1cc(-c2c(C)cc(F)cc2C)cc(F)c1F. The monoisotopic (exact) mass is 379 g/mol. The molecule has 27 heavy (non-hydrogen) atoms. The molecule has 0 aliphatic rings. The number of rotatable bonds is 7. The molecular formula is C20H20F3NO3. The van der Waals surface area contributed by atoms with Gasteiger partial charge in [-0.3, -0.25) is 9.59 Å².